The number of nitrogens with zero attached hydrogens (tertiary/aromatic N) is 7. The molecule has 124 valence electrons. The minimum absolute atomic E-state index is 0.488. The molecule has 0 saturated heterocycles. The van der Waals surface area contributed by atoms with Gasteiger partial charge in [-0.2, -0.15) is 0 Å². The van der Waals surface area contributed by atoms with Crippen molar-refractivity contribution >= 4 is 22.5 Å². The van der Waals surface area contributed by atoms with E-state index in [9.17, 15) is 0 Å². The largest absolute Gasteiger partial charge is 0.272 e. The topological polar surface area (TPSA) is 73.3 Å². The molecule has 4 heterocycles. The Kier molecular flexibility index (Phi) is 3.44. The summed E-state index contributed by atoms with van der Waals surface area (Å²) >= 11 is 0. The van der Waals surface area contributed by atoms with Gasteiger partial charge in [0.1, 0.15) is 11.6 Å². The van der Waals surface area contributed by atoms with E-state index >= 15 is 0 Å². The third kappa shape index (κ3) is 2.23. The second-order valence-corrected chi connectivity index (χ2v) is 7.09. The molecular weight excluding hydrogens is 302 g/mol. The number of rotatable bonds is 4. The predicted octanol–water partition coefficient (Wildman–Crippen LogP) is 2.72. The molecular formula is C17H21N7. The maximum absolute atomic E-state index is 4.61. The van der Waals surface area contributed by atoms with Crippen LogP contribution in [-0.2, 0) is 12.8 Å². The van der Waals surface area contributed by atoms with Crippen LogP contribution in [-0.4, -0.2) is 34.2 Å². The first-order valence-corrected chi connectivity index (χ1v) is 8.41. The first-order chi connectivity index (χ1) is 11.6. The van der Waals surface area contributed by atoms with Crippen molar-refractivity contribution in [1.29, 1.82) is 0 Å². The van der Waals surface area contributed by atoms with Crippen LogP contribution in [0, 0.1) is 11.8 Å². The Balaban J connectivity index is 2.12. The monoisotopic (exact) mass is 323 g/mol. The van der Waals surface area contributed by atoms with Gasteiger partial charge in [-0.05, 0) is 24.0 Å². The van der Waals surface area contributed by atoms with E-state index in [4.69, 9.17) is 0 Å². The Morgan fingerprint density at radius 2 is 1.38 bits per heavy atom. The van der Waals surface area contributed by atoms with Crippen molar-refractivity contribution < 1.29 is 0 Å². The highest BCUT2D eigenvalue weighted by atomic mass is 15.3. The molecule has 0 aliphatic rings. The molecule has 0 aliphatic heterocycles. The van der Waals surface area contributed by atoms with Crippen LogP contribution in [0.1, 0.15) is 39.3 Å². The number of aromatic nitrogens is 7. The lowest BCUT2D eigenvalue weighted by atomic mass is 10.1. The number of pyridine rings is 1. The van der Waals surface area contributed by atoms with E-state index in [0.717, 1.165) is 46.9 Å². The van der Waals surface area contributed by atoms with Crippen LogP contribution in [0.4, 0.5) is 0 Å². The summed E-state index contributed by atoms with van der Waals surface area (Å²) in [5.74, 6) is 2.84. The van der Waals surface area contributed by atoms with E-state index in [1.54, 1.807) is 6.20 Å². The zero-order chi connectivity index (χ0) is 16.8. The van der Waals surface area contributed by atoms with E-state index < -0.39 is 0 Å². The highest BCUT2D eigenvalue weighted by molar-refractivity contribution is 5.82. The first kappa shape index (κ1) is 15.0. The summed E-state index contributed by atoms with van der Waals surface area (Å²) in [5.41, 5.74) is 3.31. The summed E-state index contributed by atoms with van der Waals surface area (Å²) in [6.45, 7) is 8.70. The lowest BCUT2D eigenvalue weighted by molar-refractivity contribution is 0.615. The van der Waals surface area contributed by atoms with Gasteiger partial charge >= 0.3 is 0 Å². The molecule has 0 saturated carbocycles. The van der Waals surface area contributed by atoms with Crippen LogP contribution >= 0.6 is 0 Å². The van der Waals surface area contributed by atoms with E-state index in [-0.39, 0.29) is 0 Å². The maximum atomic E-state index is 4.61. The molecule has 0 atom stereocenters. The molecule has 0 fully saturated rings. The average molecular weight is 323 g/mol. The van der Waals surface area contributed by atoms with E-state index in [1.807, 2.05) is 10.5 Å². The summed E-state index contributed by atoms with van der Waals surface area (Å²) in [6.07, 6.45) is 3.50. The van der Waals surface area contributed by atoms with E-state index in [0.29, 0.717) is 11.8 Å². The lowest BCUT2D eigenvalue weighted by Crippen LogP contribution is -2.07. The summed E-state index contributed by atoms with van der Waals surface area (Å²) in [7, 11) is 0. The Bertz CT molecular complexity index is 943. The fourth-order valence-corrected chi connectivity index (χ4v) is 3.13. The van der Waals surface area contributed by atoms with Gasteiger partial charge in [-0.3, -0.25) is 8.80 Å². The zero-order valence-electron chi connectivity index (χ0n) is 14.4. The molecule has 0 amide bonds. The van der Waals surface area contributed by atoms with Crippen LogP contribution < -0.4 is 0 Å². The molecule has 24 heavy (non-hydrogen) atoms. The number of hydrogen-bond acceptors (Lipinski definition) is 5. The normalized spacial score (nSPS) is 12.4. The second-order valence-electron chi connectivity index (χ2n) is 7.09. The second kappa shape index (κ2) is 5.51. The first-order valence-electron chi connectivity index (χ1n) is 8.41. The van der Waals surface area contributed by atoms with Crippen molar-refractivity contribution in [2.45, 2.75) is 40.5 Å². The molecule has 0 aromatic carbocycles. The van der Waals surface area contributed by atoms with Crippen LogP contribution in [0.15, 0.2) is 18.3 Å². The standard InChI is InChI=1S/C17H21N7/c1-10(2)8-13-19-21-16-17-22-20-14(9-11(3)4)24(17)15-12(23(13)16)6-5-7-18-15/h5-7,10-11H,8-9H2,1-4H3. The minimum Gasteiger partial charge on any atom is -0.272 e. The van der Waals surface area contributed by atoms with E-state index in [2.05, 4.69) is 63.5 Å². The zero-order valence-corrected chi connectivity index (χ0v) is 14.4. The molecule has 4 aromatic heterocycles. The summed E-state index contributed by atoms with van der Waals surface area (Å²) < 4.78 is 4.10. The van der Waals surface area contributed by atoms with Gasteiger partial charge in [0.05, 0.1) is 5.52 Å². The lowest BCUT2D eigenvalue weighted by Gasteiger charge is -2.09. The fourth-order valence-electron chi connectivity index (χ4n) is 3.13. The molecule has 7 heteroatoms. The number of fused-ring (bicyclic) bond motifs is 6. The predicted molar refractivity (Wildman–Crippen MR) is 91.9 cm³/mol. The summed E-state index contributed by atoms with van der Waals surface area (Å²) in [5, 5.41) is 17.6. The Labute approximate surface area is 139 Å². The third-order valence-electron chi connectivity index (χ3n) is 4.06. The maximum Gasteiger partial charge on any atom is 0.208 e. The van der Waals surface area contributed by atoms with Crippen molar-refractivity contribution in [3.63, 3.8) is 0 Å². The molecule has 0 aliphatic carbocycles. The molecule has 0 N–H and O–H groups in total. The quantitative estimate of drug-likeness (QED) is 0.577. The highest BCUT2D eigenvalue weighted by Crippen LogP contribution is 2.23. The minimum atomic E-state index is 0.488. The molecule has 0 unspecified atom stereocenters. The molecule has 4 rings (SSSR count). The van der Waals surface area contributed by atoms with Crippen LogP contribution in [0.3, 0.4) is 0 Å². The molecule has 4 aromatic rings. The van der Waals surface area contributed by atoms with Gasteiger partial charge in [0.25, 0.3) is 0 Å². The van der Waals surface area contributed by atoms with Crippen LogP contribution in [0.2, 0.25) is 0 Å². The van der Waals surface area contributed by atoms with Gasteiger partial charge < -0.3 is 0 Å². The third-order valence-corrected chi connectivity index (χ3v) is 4.06. The SMILES string of the molecule is CC(C)Cc1nnc2c3nnc(CC(C)C)n3c3ncccc3n12. The molecule has 0 radical (unpaired) electrons. The summed E-state index contributed by atoms with van der Waals surface area (Å²) in [4.78, 5) is 4.61. The van der Waals surface area contributed by atoms with Gasteiger partial charge in [0, 0.05) is 19.0 Å². The van der Waals surface area contributed by atoms with Crippen molar-refractivity contribution in [2.24, 2.45) is 11.8 Å². The highest BCUT2D eigenvalue weighted by Gasteiger charge is 2.20. The summed E-state index contributed by atoms with van der Waals surface area (Å²) in [6, 6.07) is 4.00. The Morgan fingerprint density at radius 3 is 2.00 bits per heavy atom. The number of hydrogen-bond donors (Lipinski definition) is 0. The van der Waals surface area contributed by atoms with Gasteiger partial charge in [-0.15, -0.1) is 20.4 Å². The van der Waals surface area contributed by atoms with E-state index in [1.165, 1.54) is 0 Å². The Hall–Kier alpha value is -2.57. The van der Waals surface area contributed by atoms with Gasteiger partial charge in [0.2, 0.25) is 11.3 Å². The smallest absolute Gasteiger partial charge is 0.208 e. The molecule has 0 bridgehead atoms. The van der Waals surface area contributed by atoms with Crippen LogP contribution in [0.25, 0.3) is 22.5 Å². The van der Waals surface area contributed by atoms with Crippen molar-refractivity contribution in [3.8, 4) is 0 Å². The van der Waals surface area contributed by atoms with Crippen LogP contribution in [0.5, 0.6) is 0 Å². The van der Waals surface area contributed by atoms with Gasteiger partial charge in [0.15, 0.2) is 5.65 Å². The average Bonchev–Trinajstić information content (AvgIpc) is 3.11. The van der Waals surface area contributed by atoms with Crippen molar-refractivity contribution in [1.82, 2.24) is 34.2 Å². The molecule has 7 nitrogen and oxygen atoms in total. The van der Waals surface area contributed by atoms with Crippen molar-refractivity contribution in [2.75, 3.05) is 0 Å². The van der Waals surface area contributed by atoms with Crippen molar-refractivity contribution in [3.05, 3.63) is 30.0 Å². The van der Waals surface area contributed by atoms with Gasteiger partial charge in [-0.1, -0.05) is 27.7 Å². The fraction of sp³-hybridized carbons (Fsp3) is 0.471. The van der Waals surface area contributed by atoms with Gasteiger partial charge in [-0.25, -0.2) is 4.98 Å². The molecule has 0 spiro atoms. The Morgan fingerprint density at radius 1 is 0.792 bits per heavy atom.